The first-order chi connectivity index (χ1) is 9.15. The van der Waals surface area contributed by atoms with Gasteiger partial charge in [0, 0.05) is 32.4 Å². The number of likely N-dealkylation sites (N-methyl/N-ethyl adjacent to an activating group) is 1. The van der Waals surface area contributed by atoms with Crippen molar-refractivity contribution in [2.24, 2.45) is 5.73 Å². The minimum atomic E-state index is 0.195. The third kappa shape index (κ3) is 4.48. The normalized spacial score (nSPS) is 17.6. The summed E-state index contributed by atoms with van der Waals surface area (Å²) in [6.45, 7) is 6.72. The van der Waals surface area contributed by atoms with Gasteiger partial charge in [0.15, 0.2) is 0 Å². The van der Waals surface area contributed by atoms with E-state index in [0.717, 1.165) is 25.3 Å². The lowest BCUT2D eigenvalue weighted by atomic mass is 10.1. The van der Waals surface area contributed by atoms with E-state index in [1.165, 1.54) is 31.5 Å². The van der Waals surface area contributed by atoms with Gasteiger partial charge in [-0.15, -0.1) is 0 Å². The second kappa shape index (κ2) is 6.87. The first-order valence-electron chi connectivity index (χ1n) is 7.29. The van der Waals surface area contributed by atoms with Crippen molar-refractivity contribution >= 4 is 5.82 Å². The largest absolute Gasteiger partial charge is 0.358 e. The predicted octanol–water partition coefficient (Wildman–Crippen LogP) is 1.50. The van der Waals surface area contributed by atoms with Crippen LogP contribution in [0.1, 0.15) is 25.3 Å². The Morgan fingerprint density at radius 1 is 1.37 bits per heavy atom. The van der Waals surface area contributed by atoms with Gasteiger partial charge in [-0.25, -0.2) is 4.98 Å². The zero-order chi connectivity index (χ0) is 13.7. The molecule has 0 saturated carbocycles. The molecule has 2 rings (SSSR count). The van der Waals surface area contributed by atoms with E-state index in [0.29, 0.717) is 0 Å². The molecule has 0 aromatic carbocycles. The van der Waals surface area contributed by atoms with Gasteiger partial charge in [0.1, 0.15) is 5.82 Å². The van der Waals surface area contributed by atoms with Gasteiger partial charge < -0.3 is 15.5 Å². The number of aromatic nitrogens is 1. The zero-order valence-corrected chi connectivity index (χ0v) is 12.2. The average molecular weight is 262 g/mol. The van der Waals surface area contributed by atoms with Crippen molar-refractivity contribution in [3.8, 4) is 0 Å². The van der Waals surface area contributed by atoms with Gasteiger partial charge in [-0.1, -0.05) is 6.07 Å². The summed E-state index contributed by atoms with van der Waals surface area (Å²) in [4.78, 5) is 9.29. The molecule has 0 radical (unpaired) electrons. The minimum Gasteiger partial charge on any atom is -0.358 e. The summed E-state index contributed by atoms with van der Waals surface area (Å²) in [7, 11) is 2.11. The fraction of sp³-hybridized carbons (Fsp3) is 0.667. The molecule has 1 aliphatic heterocycles. The van der Waals surface area contributed by atoms with Gasteiger partial charge in [-0.2, -0.15) is 0 Å². The van der Waals surface area contributed by atoms with Crippen LogP contribution in [0.3, 0.4) is 0 Å². The highest BCUT2D eigenvalue weighted by atomic mass is 15.2. The van der Waals surface area contributed by atoms with Crippen LogP contribution in [0.5, 0.6) is 0 Å². The number of pyridine rings is 1. The Bertz CT molecular complexity index is 368. The first kappa shape index (κ1) is 14.3. The van der Waals surface area contributed by atoms with Crippen LogP contribution in [0.25, 0.3) is 0 Å². The maximum atomic E-state index is 5.80. The van der Waals surface area contributed by atoms with Crippen molar-refractivity contribution < 1.29 is 0 Å². The van der Waals surface area contributed by atoms with Crippen LogP contribution in [0.15, 0.2) is 18.3 Å². The molecule has 1 saturated heterocycles. The monoisotopic (exact) mass is 262 g/mol. The summed E-state index contributed by atoms with van der Waals surface area (Å²) in [6.07, 6.45) is 5.55. The van der Waals surface area contributed by atoms with Crippen molar-refractivity contribution in [3.05, 3.63) is 23.9 Å². The number of nitrogens with zero attached hydrogens (tertiary/aromatic N) is 3. The Morgan fingerprint density at radius 2 is 2.11 bits per heavy atom. The predicted molar refractivity (Wildman–Crippen MR) is 80.5 cm³/mol. The highest BCUT2D eigenvalue weighted by Gasteiger charge is 2.12. The molecule has 0 bridgehead atoms. The van der Waals surface area contributed by atoms with Crippen LogP contribution >= 0.6 is 0 Å². The topological polar surface area (TPSA) is 45.4 Å². The molecule has 1 fully saturated rings. The Morgan fingerprint density at radius 3 is 2.68 bits per heavy atom. The lowest BCUT2D eigenvalue weighted by Gasteiger charge is -2.22. The Labute approximate surface area is 116 Å². The minimum absolute atomic E-state index is 0.195. The van der Waals surface area contributed by atoms with Crippen molar-refractivity contribution in [3.63, 3.8) is 0 Å². The smallest absolute Gasteiger partial charge is 0.128 e. The highest BCUT2D eigenvalue weighted by Crippen LogP contribution is 2.12. The number of hydrogen-bond donors (Lipinski definition) is 1. The van der Waals surface area contributed by atoms with Crippen LogP contribution in [-0.2, 0) is 6.42 Å². The molecule has 106 valence electrons. The van der Waals surface area contributed by atoms with E-state index in [4.69, 9.17) is 5.73 Å². The third-order valence-electron chi connectivity index (χ3n) is 3.71. The number of likely N-dealkylation sites (tertiary alicyclic amines) is 1. The Balaban J connectivity index is 1.82. The second-order valence-corrected chi connectivity index (χ2v) is 5.68. The summed E-state index contributed by atoms with van der Waals surface area (Å²) in [5, 5.41) is 0. The van der Waals surface area contributed by atoms with Crippen LogP contribution in [0.2, 0.25) is 0 Å². The average Bonchev–Trinajstić information content (AvgIpc) is 2.89. The van der Waals surface area contributed by atoms with E-state index in [1.807, 2.05) is 13.1 Å². The van der Waals surface area contributed by atoms with Gasteiger partial charge >= 0.3 is 0 Å². The van der Waals surface area contributed by atoms with Crippen molar-refractivity contribution in [2.75, 3.05) is 38.1 Å². The number of hydrogen-bond acceptors (Lipinski definition) is 4. The van der Waals surface area contributed by atoms with Crippen molar-refractivity contribution in [1.82, 2.24) is 9.88 Å². The van der Waals surface area contributed by atoms with E-state index in [9.17, 15) is 0 Å². The first-order valence-corrected chi connectivity index (χ1v) is 7.29. The molecular weight excluding hydrogens is 236 g/mol. The zero-order valence-electron chi connectivity index (χ0n) is 12.2. The standard InChI is InChI=1S/C15H26N4/c1-13(16)11-14-5-6-15(17-12-14)18(2)9-10-19-7-3-4-8-19/h5-6,12-13H,3-4,7-11,16H2,1-2H3. The van der Waals surface area contributed by atoms with E-state index in [1.54, 1.807) is 0 Å². The molecule has 1 aliphatic rings. The quantitative estimate of drug-likeness (QED) is 0.844. The lowest BCUT2D eigenvalue weighted by molar-refractivity contribution is 0.346. The van der Waals surface area contributed by atoms with Crippen LogP contribution < -0.4 is 10.6 Å². The van der Waals surface area contributed by atoms with Gasteiger partial charge in [-0.05, 0) is 50.9 Å². The molecule has 0 amide bonds. The van der Waals surface area contributed by atoms with E-state index < -0.39 is 0 Å². The van der Waals surface area contributed by atoms with Crippen LogP contribution in [0, 0.1) is 0 Å². The van der Waals surface area contributed by atoms with Gasteiger partial charge in [0.2, 0.25) is 0 Å². The summed E-state index contributed by atoms with van der Waals surface area (Å²) >= 11 is 0. The molecule has 1 unspecified atom stereocenters. The summed E-state index contributed by atoms with van der Waals surface area (Å²) in [5.74, 6) is 1.05. The highest BCUT2D eigenvalue weighted by molar-refractivity contribution is 5.38. The molecule has 1 atom stereocenters. The number of rotatable bonds is 6. The lowest BCUT2D eigenvalue weighted by Crippen LogP contribution is -2.31. The molecular formula is C15H26N4. The van der Waals surface area contributed by atoms with Crippen LogP contribution in [0.4, 0.5) is 5.82 Å². The Kier molecular flexibility index (Phi) is 5.16. The van der Waals surface area contributed by atoms with Crippen LogP contribution in [-0.4, -0.2) is 49.2 Å². The molecule has 2 N–H and O–H groups in total. The van der Waals surface area contributed by atoms with Gasteiger partial charge in [-0.3, -0.25) is 0 Å². The van der Waals surface area contributed by atoms with Gasteiger partial charge in [0.05, 0.1) is 0 Å². The third-order valence-corrected chi connectivity index (χ3v) is 3.71. The fourth-order valence-corrected chi connectivity index (χ4v) is 2.55. The number of anilines is 1. The number of nitrogens with two attached hydrogens (primary N) is 1. The Hall–Kier alpha value is -1.13. The molecule has 4 nitrogen and oxygen atoms in total. The van der Waals surface area contributed by atoms with E-state index >= 15 is 0 Å². The van der Waals surface area contributed by atoms with Crippen molar-refractivity contribution in [2.45, 2.75) is 32.2 Å². The molecule has 19 heavy (non-hydrogen) atoms. The molecule has 1 aromatic rings. The maximum Gasteiger partial charge on any atom is 0.128 e. The molecule has 0 spiro atoms. The summed E-state index contributed by atoms with van der Waals surface area (Å²) in [5.41, 5.74) is 7.01. The summed E-state index contributed by atoms with van der Waals surface area (Å²) < 4.78 is 0. The fourth-order valence-electron chi connectivity index (χ4n) is 2.55. The van der Waals surface area contributed by atoms with E-state index in [2.05, 4.69) is 34.0 Å². The second-order valence-electron chi connectivity index (χ2n) is 5.68. The molecule has 0 aliphatic carbocycles. The van der Waals surface area contributed by atoms with Crippen molar-refractivity contribution in [1.29, 1.82) is 0 Å². The van der Waals surface area contributed by atoms with E-state index in [-0.39, 0.29) is 6.04 Å². The molecule has 1 aromatic heterocycles. The van der Waals surface area contributed by atoms with Gasteiger partial charge in [0.25, 0.3) is 0 Å². The summed E-state index contributed by atoms with van der Waals surface area (Å²) in [6, 6.07) is 4.43. The molecule has 2 heterocycles. The molecule has 4 heteroatoms. The SMILES string of the molecule is CC(N)Cc1ccc(N(C)CCN2CCCC2)nc1. The maximum absolute atomic E-state index is 5.80.